The molecule has 3 N–H and O–H groups in total. The Morgan fingerprint density at radius 2 is 1.79 bits per heavy atom. The minimum Gasteiger partial charge on any atom is -0.335 e. The molecule has 0 heterocycles. The summed E-state index contributed by atoms with van der Waals surface area (Å²) >= 11 is 0. The van der Waals surface area contributed by atoms with Crippen LogP contribution in [-0.2, 0) is 11.3 Å². The van der Waals surface area contributed by atoms with Crippen LogP contribution in [0.4, 0.5) is 4.79 Å². The quantitative estimate of drug-likeness (QED) is 0.766. The molecule has 24 heavy (non-hydrogen) atoms. The molecule has 3 amide bonds. The molecule has 1 aliphatic rings. The molecule has 2 rings (SSSR count). The fraction of sp³-hybridized carbons (Fsp3) is 0.579. The molecule has 0 spiro atoms. The number of urea groups is 1. The first-order valence-electron chi connectivity index (χ1n) is 8.95. The molecule has 1 fully saturated rings. The van der Waals surface area contributed by atoms with Gasteiger partial charge in [-0.1, -0.05) is 49.1 Å². The SMILES string of the molecule is Cc1ccc(C[NH+](C)[C@H](C)C(=O)NC(=O)NC2CCCCC2)cc1. The van der Waals surface area contributed by atoms with Crippen molar-refractivity contribution in [2.45, 2.75) is 64.6 Å². The molecule has 1 unspecified atom stereocenters. The Kier molecular flexibility index (Phi) is 6.79. The van der Waals surface area contributed by atoms with Gasteiger partial charge in [0.15, 0.2) is 6.04 Å². The Labute approximate surface area is 144 Å². The molecular weight excluding hydrogens is 302 g/mol. The number of likely N-dealkylation sites (N-methyl/N-ethyl adjacent to an activating group) is 1. The molecule has 132 valence electrons. The zero-order chi connectivity index (χ0) is 17.5. The van der Waals surface area contributed by atoms with Crippen molar-refractivity contribution in [3.63, 3.8) is 0 Å². The van der Waals surface area contributed by atoms with E-state index in [1.54, 1.807) is 0 Å². The van der Waals surface area contributed by atoms with Crippen LogP contribution < -0.4 is 15.5 Å². The number of carbonyl (C=O) groups excluding carboxylic acids is 2. The molecule has 2 atom stereocenters. The lowest BCUT2D eigenvalue weighted by atomic mass is 9.96. The highest BCUT2D eigenvalue weighted by Crippen LogP contribution is 2.17. The van der Waals surface area contributed by atoms with Crippen LogP contribution in [0.3, 0.4) is 0 Å². The zero-order valence-corrected chi connectivity index (χ0v) is 15.0. The lowest BCUT2D eigenvalue weighted by Gasteiger charge is -2.24. The predicted molar refractivity (Wildman–Crippen MR) is 94.8 cm³/mol. The first-order valence-corrected chi connectivity index (χ1v) is 8.95. The van der Waals surface area contributed by atoms with E-state index in [9.17, 15) is 9.59 Å². The van der Waals surface area contributed by atoms with Crippen LogP contribution >= 0.6 is 0 Å². The number of benzene rings is 1. The molecule has 0 aliphatic heterocycles. The van der Waals surface area contributed by atoms with Gasteiger partial charge in [-0.2, -0.15) is 0 Å². The second kappa shape index (κ2) is 8.83. The van der Waals surface area contributed by atoms with Crippen molar-refractivity contribution < 1.29 is 14.5 Å². The van der Waals surface area contributed by atoms with E-state index in [0.29, 0.717) is 0 Å². The summed E-state index contributed by atoms with van der Waals surface area (Å²) < 4.78 is 0. The number of quaternary nitrogens is 1. The molecule has 0 saturated heterocycles. The van der Waals surface area contributed by atoms with Crippen molar-refractivity contribution in [3.05, 3.63) is 35.4 Å². The number of hydrogen-bond acceptors (Lipinski definition) is 2. The van der Waals surface area contributed by atoms with Crippen molar-refractivity contribution in [1.29, 1.82) is 0 Å². The van der Waals surface area contributed by atoms with Gasteiger partial charge in [-0.3, -0.25) is 10.1 Å². The number of amides is 3. The summed E-state index contributed by atoms with van der Waals surface area (Å²) in [4.78, 5) is 25.3. The highest BCUT2D eigenvalue weighted by atomic mass is 16.2. The number of aryl methyl sites for hydroxylation is 1. The number of imide groups is 1. The topological polar surface area (TPSA) is 62.6 Å². The Morgan fingerprint density at radius 1 is 1.17 bits per heavy atom. The van der Waals surface area contributed by atoms with Gasteiger partial charge in [0.2, 0.25) is 0 Å². The summed E-state index contributed by atoms with van der Waals surface area (Å²) in [7, 11) is 1.98. The van der Waals surface area contributed by atoms with Gasteiger partial charge in [0.25, 0.3) is 5.91 Å². The van der Waals surface area contributed by atoms with Gasteiger partial charge in [-0.25, -0.2) is 4.79 Å². The summed E-state index contributed by atoms with van der Waals surface area (Å²) in [6, 6.07) is 7.87. The molecule has 0 bridgehead atoms. The lowest BCUT2D eigenvalue weighted by Crippen LogP contribution is -3.12. The van der Waals surface area contributed by atoms with E-state index in [4.69, 9.17) is 0 Å². The first-order chi connectivity index (χ1) is 11.5. The van der Waals surface area contributed by atoms with Crippen molar-refractivity contribution in [1.82, 2.24) is 10.6 Å². The van der Waals surface area contributed by atoms with Gasteiger partial charge >= 0.3 is 6.03 Å². The minimum absolute atomic E-state index is 0.208. The average Bonchev–Trinajstić information content (AvgIpc) is 2.57. The predicted octanol–water partition coefficient (Wildman–Crippen LogP) is 1.56. The molecule has 5 heteroatoms. The van der Waals surface area contributed by atoms with Crippen molar-refractivity contribution in [2.24, 2.45) is 0 Å². The molecule has 0 aromatic heterocycles. The maximum absolute atomic E-state index is 12.3. The van der Waals surface area contributed by atoms with E-state index in [1.807, 2.05) is 14.0 Å². The molecule has 1 aromatic rings. The molecule has 5 nitrogen and oxygen atoms in total. The maximum Gasteiger partial charge on any atom is 0.321 e. The van der Waals surface area contributed by atoms with Crippen molar-refractivity contribution >= 4 is 11.9 Å². The average molecular weight is 332 g/mol. The van der Waals surface area contributed by atoms with E-state index < -0.39 is 0 Å². The number of carbonyl (C=O) groups is 2. The van der Waals surface area contributed by atoms with Gasteiger partial charge in [-0.15, -0.1) is 0 Å². The second-order valence-electron chi connectivity index (χ2n) is 7.03. The summed E-state index contributed by atoms with van der Waals surface area (Å²) in [6.45, 7) is 4.66. The van der Waals surface area contributed by atoms with Crippen LogP contribution in [0.1, 0.15) is 50.2 Å². The summed E-state index contributed by atoms with van der Waals surface area (Å²) in [5.74, 6) is -0.229. The third kappa shape index (κ3) is 5.64. The van der Waals surface area contributed by atoms with E-state index in [0.717, 1.165) is 37.1 Å². The summed E-state index contributed by atoms with van der Waals surface area (Å²) in [5.41, 5.74) is 2.41. The monoisotopic (exact) mass is 332 g/mol. The zero-order valence-electron chi connectivity index (χ0n) is 15.0. The highest BCUT2D eigenvalue weighted by Gasteiger charge is 2.24. The van der Waals surface area contributed by atoms with Crippen LogP contribution in [0, 0.1) is 6.92 Å². The van der Waals surface area contributed by atoms with E-state index in [2.05, 4.69) is 41.8 Å². The fourth-order valence-corrected chi connectivity index (χ4v) is 3.09. The van der Waals surface area contributed by atoms with Crippen LogP contribution in [0.2, 0.25) is 0 Å². The molecular formula is C19H30N3O2+. The maximum atomic E-state index is 12.3. The van der Waals surface area contributed by atoms with Gasteiger partial charge in [0.05, 0.1) is 7.05 Å². The number of hydrogen-bond donors (Lipinski definition) is 3. The lowest BCUT2D eigenvalue weighted by molar-refractivity contribution is -0.908. The van der Waals surface area contributed by atoms with Crippen molar-refractivity contribution in [3.8, 4) is 0 Å². The van der Waals surface area contributed by atoms with Crippen LogP contribution in [0.15, 0.2) is 24.3 Å². The number of rotatable bonds is 5. The van der Waals surface area contributed by atoms with Crippen LogP contribution in [-0.4, -0.2) is 31.1 Å². The second-order valence-corrected chi connectivity index (χ2v) is 7.03. The Balaban J connectivity index is 1.79. The van der Waals surface area contributed by atoms with Gasteiger partial charge in [-0.05, 0) is 26.7 Å². The first kappa shape index (κ1) is 18.5. The highest BCUT2D eigenvalue weighted by molar-refractivity contribution is 5.96. The molecule has 1 aliphatic carbocycles. The Morgan fingerprint density at radius 3 is 2.42 bits per heavy atom. The largest absolute Gasteiger partial charge is 0.335 e. The Bertz CT molecular complexity index is 550. The smallest absolute Gasteiger partial charge is 0.321 e. The third-order valence-corrected chi connectivity index (χ3v) is 4.91. The minimum atomic E-state index is -0.359. The van der Waals surface area contributed by atoms with E-state index >= 15 is 0 Å². The third-order valence-electron chi connectivity index (χ3n) is 4.91. The molecule has 1 aromatic carbocycles. The standard InChI is InChI=1S/C19H29N3O2/c1-14-9-11-16(12-10-14)13-22(3)15(2)18(23)21-19(24)20-17-7-5-4-6-8-17/h9-12,15,17H,4-8,13H2,1-3H3,(H2,20,21,23,24)/p+1/t15-/m1/s1. The van der Waals surface area contributed by atoms with Gasteiger partial charge in [0, 0.05) is 11.6 Å². The molecule has 1 saturated carbocycles. The number of nitrogens with one attached hydrogen (secondary N) is 3. The van der Waals surface area contributed by atoms with E-state index in [1.165, 1.54) is 17.5 Å². The van der Waals surface area contributed by atoms with Gasteiger partial charge in [0.1, 0.15) is 6.54 Å². The van der Waals surface area contributed by atoms with E-state index in [-0.39, 0.29) is 24.0 Å². The van der Waals surface area contributed by atoms with Crippen LogP contribution in [0.25, 0.3) is 0 Å². The Hall–Kier alpha value is -1.88. The summed E-state index contributed by atoms with van der Waals surface area (Å²) in [5, 5.41) is 5.41. The fourth-order valence-electron chi connectivity index (χ4n) is 3.09. The summed E-state index contributed by atoms with van der Waals surface area (Å²) in [6.07, 6.45) is 5.56. The molecule has 0 radical (unpaired) electrons. The normalized spacial score (nSPS) is 17.8. The van der Waals surface area contributed by atoms with Gasteiger partial charge < -0.3 is 10.2 Å². The van der Waals surface area contributed by atoms with Crippen LogP contribution in [0.5, 0.6) is 0 Å². The van der Waals surface area contributed by atoms with Crippen molar-refractivity contribution in [2.75, 3.05) is 7.05 Å².